The zero-order valence-corrected chi connectivity index (χ0v) is 7.21. The van der Waals surface area contributed by atoms with Crippen LogP contribution in [0, 0.1) is 0 Å². The minimum atomic E-state index is -0.825. The van der Waals surface area contributed by atoms with E-state index in [0.29, 0.717) is 26.2 Å². The molecule has 1 fully saturated rings. The first-order chi connectivity index (χ1) is 5.68. The normalized spacial score (nSPS) is 29.1. The van der Waals surface area contributed by atoms with Gasteiger partial charge in [-0.1, -0.05) is 0 Å². The second-order valence-corrected chi connectivity index (χ2v) is 2.99. The maximum atomic E-state index is 10.5. The smallest absolute Gasteiger partial charge is 0.306 e. The molecule has 0 aromatic rings. The molecule has 1 rings (SSSR count). The van der Waals surface area contributed by atoms with Crippen molar-refractivity contribution in [2.75, 3.05) is 19.8 Å². The Bertz CT molecular complexity index is 160. The summed E-state index contributed by atoms with van der Waals surface area (Å²) in [5, 5.41) is 8.63. The van der Waals surface area contributed by atoms with Crippen LogP contribution in [0.15, 0.2) is 0 Å². The molecule has 0 spiro atoms. The van der Waals surface area contributed by atoms with E-state index in [1.807, 2.05) is 6.92 Å². The Morgan fingerprint density at radius 1 is 1.75 bits per heavy atom. The van der Waals surface area contributed by atoms with Crippen molar-refractivity contribution in [1.82, 2.24) is 0 Å². The predicted octanol–water partition coefficient (Wildman–Crippen LogP) is 0.657. The first-order valence-corrected chi connectivity index (χ1v) is 4.12. The van der Waals surface area contributed by atoms with Gasteiger partial charge in [0, 0.05) is 19.6 Å². The Morgan fingerprint density at radius 3 is 2.92 bits per heavy atom. The van der Waals surface area contributed by atoms with Crippen LogP contribution >= 0.6 is 0 Å². The van der Waals surface area contributed by atoms with E-state index >= 15 is 0 Å². The van der Waals surface area contributed by atoms with Gasteiger partial charge < -0.3 is 14.6 Å². The standard InChI is InChI=1S/C8H14O4/c1-2-12-8(5-7(9)10)3-4-11-6-8/h2-6H2,1H3,(H,9,10). The largest absolute Gasteiger partial charge is 0.481 e. The van der Waals surface area contributed by atoms with E-state index in [1.54, 1.807) is 0 Å². The van der Waals surface area contributed by atoms with E-state index in [1.165, 1.54) is 0 Å². The van der Waals surface area contributed by atoms with E-state index in [9.17, 15) is 4.79 Å². The van der Waals surface area contributed by atoms with Gasteiger partial charge in [0.25, 0.3) is 0 Å². The summed E-state index contributed by atoms with van der Waals surface area (Å²) in [4.78, 5) is 10.5. The second kappa shape index (κ2) is 3.87. The van der Waals surface area contributed by atoms with Crippen LogP contribution in [0.1, 0.15) is 19.8 Å². The van der Waals surface area contributed by atoms with Crippen LogP contribution < -0.4 is 0 Å². The molecule has 0 bridgehead atoms. The van der Waals surface area contributed by atoms with Crippen molar-refractivity contribution < 1.29 is 19.4 Å². The molecule has 0 aliphatic carbocycles. The summed E-state index contributed by atoms with van der Waals surface area (Å²) in [6.45, 7) is 3.42. The number of carbonyl (C=O) groups is 1. The fraction of sp³-hybridized carbons (Fsp3) is 0.875. The van der Waals surface area contributed by atoms with Gasteiger partial charge in [-0.3, -0.25) is 4.79 Å². The first-order valence-electron chi connectivity index (χ1n) is 4.12. The van der Waals surface area contributed by atoms with Crippen LogP contribution in [0.5, 0.6) is 0 Å². The highest BCUT2D eigenvalue weighted by Crippen LogP contribution is 2.26. The Balaban J connectivity index is 2.52. The summed E-state index contributed by atoms with van der Waals surface area (Å²) in [5.74, 6) is -0.825. The molecule has 4 nitrogen and oxygen atoms in total. The van der Waals surface area contributed by atoms with Crippen LogP contribution in [-0.4, -0.2) is 36.5 Å². The molecule has 1 atom stereocenters. The van der Waals surface area contributed by atoms with Gasteiger partial charge in [-0.05, 0) is 6.92 Å². The first kappa shape index (κ1) is 9.48. The summed E-state index contributed by atoms with van der Waals surface area (Å²) >= 11 is 0. The minimum Gasteiger partial charge on any atom is -0.481 e. The Morgan fingerprint density at radius 2 is 2.50 bits per heavy atom. The van der Waals surface area contributed by atoms with Crippen molar-refractivity contribution in [3.05, 3.63) is 0 Å². The van der Waals surface area contributed by atoms with Crippen LogP contribution in [0.3, 0.4) is 0 Å². The molecule has 0 radical (unpaired) electrons. The number of hydrogen-bond donors (Lipinski definition) is 1. The van der Waals surface area contributed by atoms with Gasteiger partial charge in [-0.15, -0.1) is 0 Å². The molecule has 0 amide bonds. The highest BCUT2D eigenvalue weighted by Gasteiger charge is 2.37. The molecule has 1 saturated heterocycles. The van der Waals surface area contributed by atoms with Gasteiger partial charge in [0.2, 0.25) is 0 Å². The number of ether oxygens (including phenoxy) is 2. The van der Waals surface area contributed by atoms with Gasteiger partial charge in [-0.25, -0.2) is 0 Å². The predicted molar refractivity (Wildman–Crippen MR) is 42.0 cm³/mol. The summed E-state index contributed by atoms with van der Waals surface area (Å²) in [5.41, 5.74) is -0.555. The zero-order valence-electron chi connectivity index (χ0n) is 7.21. The molecular weight excluding hydrogens is 160 g/mol. The van der Waals surface area contributed by atoms with Crippen molar-refractivity contribution in [2.24, 2.45) is 0 Å². The molecule has 1 heterocycles. The molecule has 0 aromatic carbocycles. The van der Waals surface area contributed by atoms with E-state index in [4.69, 9.17) is 14.6 Å². The number of rotatable bonds is 4. The van der Waals surface area contributed by atoms with E-state index in [0.717, 1.165) is 0 Å². The molecule has 1 unspecified atom stereocenters. The average Bonchev–Trinajstić information content (AvgIpc) is 2.36. The third-order valence-electron chi connectivity index (χ3n) is 1.99. The lowest BCUT2D eigenvalue weighted by Crippen LogP contribution is -2.35. The number of carboxylic acid groups (broad SMARTS) is 1. The molecule has 4 heteroatoms. The summed E-state index contributed by atoms with van der Waals surface area (Å²) in [6.07, 6.45) is 0.730. The monoisotopic (exact) mass is 174 g/mol. The summed E-state index contributed by atoms with van der Waals surface area (Å²) in [6, 6.07) is 0. The third-order valence-corrected chi connectivity index (χ3v) is 1.99. The van der Waals surface area contributed by atoms with Gasteiger partial charge in [0.05, 0.1) is 13.0 Å². The molecule has 0 aromatic heterocycles. The number of hydrogen-bond acceptors (Lipinski definition) is 3. The van der Waals surface area contributed by atoms with Crippen molar-refractivity contribution in [1.29, 1.82) is 0 Å². The maximum absolute atomic E-state index is 10.5. The SMILES string of the molecule is CCOC1(CC(=O)O)CCOC1. The van der Waals surface area contributed by atoms with Crippen molar-refractivity contribution in [2.45, 2.75) is 25.4 Å². The molecule has 1 aliphatic heterocycles. The lowest BCUT2D eigenvalue weighted by Gasteiger charge is -2.24. The number of carboxylic acids is 1. The molecule has 12 heavy (non-hydrogen) atoms. The lowest BCUT2D eigenvalue weighted by atomic mass is 9.99. The van der Waals surface area contributed by atoms with Crippen molar-refractivity contribution in [3.8, 4) is 0 Å². The second-order valence-electron chi connectivity index (χ2n) is 2.99. The van der Waals surface area contributed by atoms with Crippen molar-refractivity contribution >= 4 is 5.97 Å². The molecule has 1 N–H and O–H groups in total. The summed E-state index contributed by atoms with van der Waals surface area (Å²) in [7, 11) is 0. The zero-order chi connectivity index (χ0) is 9.03. The van der Waals surface area contributed by atoms with Gasteiger partial charge in [-0.2, -0.15) is 0 Å². The average molecular weight is 174 g/mol. The van der Waals surface area contributed by atoms with Crippen molar-refractivity contribution in [3.63, 3.8) is 0 Å². The fourth-order valence-corrected chi connectivity index (χ4v) is 1.47. The van der Waals surface area contributed by atoms with E-state index < -0.39 is 11.6 Å². The van der Waals surface area contributed by atoms with E-state index in [2.05, 4.69) is 0 Å². The quantitative estimate of drug-likeness (QED) is 0.680. The summed E-state index contributed by atoms with van der Waals surface area (Å²) < 4.78 is 10.5. The van der Waals surface area contributed by atoms with E-state index in [-0.39, 0.29) is 6.42 Å². The van der Waals surface area contributed by atoms with Gasteiger partial charge >= 0.3 is 5.97 Å². The van der Waals surface area contributed by atoms with Gasteiger partial charge in [0.15, 0.2) is 0 Å². The topological polar surface area (TPSA) is 55.8 Å². The third kappa shape index (κ3) is 2.19. The van der Waals surface area contributed by atoms with Crippen LogP contribution in [-0.2, 0) is 14.3 Å². The van der Waals surface area contributed by atoms with Crippen LogP contribution in [0.2, 0.25) is 0 Å². The molecule has 1 aliphatic rings. The van der Waals surface area contributed by atoms with Crippen LogP contribution in [0.4, 0.5) is 0 Å². The van der Waals surface area contributed by atoms with Crippen LogP contribution in [0.25, 0.3) is 0 Å². The highest BCUT2D eigenvalue weighted by molar-refractivity contribution is 5.68. The Kier molecular flexibility index (Phi) is 3.05. The fourth-order valence-electron chi connectivity index (χ4n) is 1.47. The Labute approximate surface area is 71.5 Å². The minimum absolute atomic E-state index is 0.0425. The Hall–Kier alpha value is -0.610. The molecule has 0 saturated carbocycles. The molecular formula is C8H14O4. The molecule has 70 valence electrons. The maximum Gasteiger partial charge on any atom is 0.306 e. The number of aliphatic carboxylic acids is 1. The highest BCUT2D eigenvalue weighted by atomic mass is 16.6. The lowest BCUT2D eigenvalue weighted by molar-refractivity contribution is -0.145. The van der Waals surface area contributed by atoms with Gasteiger partial charge in [0.1, 0.15) is 5.60 Å².